The van der Waals surface area contributed by atoms with Crippen LogP contribution in [0.2, 0.25) is 0 Å². The largest absolute Gasteiger partial charge is 0.300 e. The van der Waals surface area contributed by atoms with Crippen LogP contribution in [0.1, 0.15) is 6.42 Å². The highest BCUT2D eigenvalue weighted by Crippen LogP contribution is 2.40. The minimum atomic E-state index is -0.767. The van der Waals surface area contributed by atoms with Gasteiger partial charge in [0.25, 0.3) is 11.4 Å². The number of nitro benzene ring substituents is 2. The third-order valence-corrected chi connectivity index (χ3v) is 3.26. The highest BCUT2D eigenvalue weighted by molar-refractivity contribution is 6.00. The number of hydrogen-bond donors (Lipinski definition) is 0. The van der Waals surface area contributed by atoms with Crippen molar-refractivity contribution in [1.82, 2.24) is 0 Å². The Morgan fingerprint density at radius 2 is 1.91 bits per heavy atom. The molecule has 0 saturated carbocycles. The van der Waals surface area contributed by atoms with E-state index in [1.807, 2.05) is 0 Å². The number of amides is 1. The molecule has 22 heavy (non-hydrogen) atoms. The first-order valence-corrected chi connectivity index (χ1v) is 6.18. The lowest BCUT2D eigenvalue weighted by atomic mass is 10.1. The SMILES string of the molecule is [N-]=[N+]=NCC1CC(=O)N(c2c([N+](=O)[O-])cccc2[N+](=O)[O-])C1. The van der Waals surface area contributed by atoms with E-state index in [9.17, 15) is 25.0 Å². The Hall–Kier alpha value is -3.20. The van der Waals surface area contributed by atoms with Gasteiger partial charge in [-0.3, -0.25) is 25.0 Å². The quantitative estimate of drug-likeness (QED) is 0.268. The molecule has 11 nitrogen and oxygen atoms in total. The van der Waals surface area contributed by atoms with Crippen molar-refractivity contribution in [3.63, 3.8) is 0 Å². The highest BCUT2D eigenvalue weighted by Gasteiger charge is 2.38. The van der Waals surface area contributed by atoms with Crippen LogP contribution in [0.15, 0.2) is 23.3 Å². The standard InChI is InChI=1S/C11H10N6O5/c12-14-13-5-7-4-10(18)15(6-7)11-8(16(19)20)2-1-3-9(11)17(21)22/h1-3,7H,4-6H2. The molecule has 1 aromatic carbocycles. The number of nitrogens with zero attached hydrogens (tertiary/aromatic N) is 6. The van der Waals surface area contributed by atoms with Crippen molar-refractivity contribution in [2.45, 2.75) is 6.42 Å². The summed E-state index contributed by atoms with van der Waals surface area (Å²) in [5.74, 6) is -0.807. The van der Waals surface area contributed by atoms with Crippen LogP contribution in [-0.4, -0.2) is 28.8 Å². The zero-order chi connectivity index (χ0) is 16.3. The van der Waals surface area contributed by atoms with Crippen LogP contribution < -0.4 is 4.90 Å². The monoisotopic (exact) mass is 306 g/mol. The summed E-state index contributed by atoms with van der Waals surface area (Å²) in [5.41, 5.74) is 6.95. The molecule has 1 unspecified atom stereocenters. The molecule has 0 aliphatic carbocycles. The van der Waals surface area contributed by atoms with Crippen molar-refractivity contribution >= 4 is 23.0 Å². The second-order valence-corrected chi connectivity index (χ2v) is 4.65. The molecule has 0 radical (unpaired) electrons. The van der Waals surface area contributed by atoms with Gasteiger partial charge in [-0.25, -0.2) is 0 Å². The topological polar surface area (TPSA) is 155 Å². The number of carbonyl (C=O) groups excluding carboxylic acids is 1. The van der Waals surface area contributed by atoms with Crippen molar-refractivity contribution in [2.75, 3.05) is 18.0 Å². The van der Waals surface area contributed by atoms with E-state index >= 15 is 0 Å². The normalized spacial score (nSPS) is 17.2. The molecule has 0 spiro atoms. The van der Waals surface area contributed by atoms with Crippen LogP contribution in [0, 0.1) is 26.1 Å². The van der Waals surface area contributed by atoms with E-state index in [4.69, 9.17) is 5.53 Å². The van der Waals surface area contributed by atoms with Crippen LogP contribution in [-0.2, 0) is 4.79 Å². The van der Waals surface area contributed by atoms with Gasteiger partial charge in [-0.2, -0.15) is 0 Å². The predicted octanol–water partition coefficient (Wildman–Crippen LogP) is 2.17. The van der Waals surface area contributed by atoms with Crippen molar-refractivity contribution in [3.8, 4) is 0 Å². The molecular formula is C11H10N6O5. The lowest BCUT2D eigenvalue weighted by molar-refractivity contribution is -0.392. The van der Waals surface area contributed by atoms with Gasteiger partial charge < -0.3 is 4.90 Å². The number of hydrogen-bond acceptors (Lipinski definition) is 6. The molecule has 1 aliphatic heterocycles. The smallest absolute Gasteiger partial charge is 0.300 e. The average molecular weight is 306 g/mol. The average Bonchev–Trinajstić information content (AvgIpc) is 2.84. The molecule has 1 saturated heterocycles. The lowest BCUT2D eigenvalue weighted by Gasteiger charge is -2.16. The van der Waals surface area contributed by atoms with Gasteiger partial charge in [0.15, 0.2) is 0 Å². The second kappa shape index (κ2) is 6.06. The minimum Gasteiger partial charge on any atom is -0.300 e. The summed E-state index contributed by atoms with van der Waals surface area (Å²) in [4.78, 5) is 36.3. The van der Waals surface area contributed by atoms with Gasteiger partial charge in [-0.1, -0.05) is 5.11 Å². The van der Waals surface area contributed by atoms with Gasteiger partial charge in [0.05, 0.1) is 9.85 Å². The Labute approximate surface area is 123 Å². The number of anilines is 1. The van der Waals surface area contributed by atoms with Crippen molar-refractivity contribution in [3.05, 3.63) is 48.9 Å². The molecule has 11 heteroatoms. The highest BCUT2D eigenvalue weighted by atomic mass is 16.6. The van der Waals surface area contributed by atoms with Crippen LogP contribution >= 0.6 is 0 Å². The van der Waals surface area contributed by atoms with Crippen molar-refractivity contribution in [2.24, 2.45) is 11.0 Å². The van der Waals surface area contributed by atoms with E-state index in [-0.39, 0.29) is 31.1 Å². The molecule has 0 aromatic heterocycles. The van der Waals surface area contributed by atoms with Gasteiger partial charge in [-0.05, 0) is 17.5 Å². The van der Waals surface area contributed by atoms with Gasteiger partial charge in [-0.15, -0.1) is 0 Å². The van der Waals surface area contributed by atoms with E-state index < -0.39 is 27.1 Å². The molecule has 0 bridgehead atoms. The first-order valence-electron chi connectivity index (χ1n) is 6.18. The Bertz CT molecular complexity index is 666. The fourth-order valence-corrected chi connectivity index (χ4v) is 2.36. The van der Waals surface area contributed by atoms with E-state index in [1.54, 1.807) is 0 Å². The molecule has 1 atom stereocenters. The van der Waals surface area contributed by atoms with Gasteiger partial charge >= 0.3 is 0 Å². The number of rotatable bonds is 5. The van der Waals surface area contributed by atoms with E-state index in [1.165, 1.54) is 6.07 Å². The zero-order valence-corrected chi connectivity index (χ0v) is 11.2. The van der Waals surface area contributed by atoms with Crippen LogP contribution in [0.3, 0.4) is 0 Å². The number of benzene rings is 1. The predicted molar refractivity (Wildman–Crippen MR) is 74.2 cm³/mol. The van der Waals surface area contributed by atoms with E-state index in [0.29, 0.717) is 0 Å². The maximum Gasteiger partial charge on any atom is 0.300 e. The van der Waals surface area contributed by atoms with Gasteiger partial charge in [0, 0.05) is 36.6 Å². The molecule has 1 aromatic rings. The summed E-state index contributed by atoms with van der Waals surface area (Å²) < 4.78 is 0. The minimum absolute atomic E-state index is 0.0161. The number of carbonyl (C=O) groups is 1. The Morgan fingerprint density at radius 3 is 2.41 bits per heavy atom. The lowest BCUT2D eigenvalue weighted by Crippen LogP contribution is -2.26. The van der Waals surface area contributed by atoms with Crippen molar-refractivity contribution < 1.29 is 14.6 Å². The number of nitro groups is 2. The number of azide groups is 1. The maximum absolute atomic E-state index is 12.0. The summed E-state index contributed by atoms with van der Waals surface area (Å²) in [6.45, 7) is 0.0801. The zero-order valence-electron chi connectivity index (χ0n) is 11.2. The molecule has 1 fully saturated rings. The summed E-state index contributed by atoms with van der Waals surface area (Å²) >= 11 is 0. The Morgan fingerprint density at radius 1 is 1.32 bits per heavy atom. The first-order chi connectivity index (χ1) is 10.5. The summed E-state index contributed by atoms with van der Waals surface area (Å²) in [7, 11) is 0. The van der Waals surface area contributed by atoms with Gasteiger partial charge in [0.2, 0.25) is 11.6 Å². The van der Waals surface area contributed by atoms with E-state index in [2.05, 4.69) is 10.0 Å². The van der Waals surface area contributed by atoms with Crippen LogP contribution in [0.5, 0.6) is 0 Å². The molecule has 0 N–H and O–H groups in total. The Kier molecular flexibility index (Phi) is 4.18. The van der Waals surface area contributed by atoms with E-state index in [0.717, 1.165) is 17.0 Å². The molecule has 114 valence electrons. The molecular weight excluding hydrogens is 296 g/mol. The summed E-state index contributed by atoms with van der Waals surface area (Å²) in [5, 5.41) is 25.5. The van der Waals surface area contributed by atoms with Gasteiger partial charge in [0.1, 0.15) is 0 Å². The van der Waals surface area contributed by atoms with Crippen LogP contribution in [0.4, 0.5) is 17.1 Å². The summed E-state index contributed by atoms with van der Waals surface area (Å²) in [6.07, 6.45) is 0.0161. The second-order valence-electron chi connectivity index (χ2n) is 4.65. The first kappa shape index (κ1) is 15.2. The fourth-order valence-electron chi connectivity index (χ4n) is 2.36. The number of para-hydroxylation sites is 1. The third kappa shape index (κ3) is 2.79. The molecule has 1 amide bonds. The van der Waals surface area contributed by atoms with Crippen molar-refractivity contribution in [1.29, 1.82) is 0 Å². The fraction of sp³-hybridized carbons (Fsp3) is 0.364. The Balaban J connectivity index is 2.47. The maximum atomic E-state index is 12.0. The molecule has 1 heterocycles. The van der Waals surface area contributed by atoms with Crippen LogP contribution in [0.25, 0.3) is 10.4 Å². The third-order valence-electron chi connectivity index (χ3n) is 3.26. The molecule has 2 rings (SSSR count). The molecule has 1 aliphatic rings. The summed E-state index contributed by atoms with van der Waals surface area (Å²) in [6, 6.07) is 3.41.